The molecule has 0 aliphatic heterocycles. The van der Waals surface area contributed by atoms with Crippen molar-refractivity contribution in [2.45, 2.75) is 119 Å². The van der Waals surface area contributed by atoms with Crippen molar-refractivity contribution in [2.24, 2.45) is 0 Å². The zero-order chi connectivity index (χ0) is 31.5. The summed E-state index contributed by atoms with van der Waals surface area (Å²) in [6, 6.07) is 13.3. The molecule has 0 amide bonds. The van der Waals surface area contributed by atoms with Gasteiger partial charge < -0.3 is 16.5 Å². The molecule has 40 heavy (non-hydrogen) atoms. The molecule has 0 spiro atoms. The van der Waals surface area contributed by atoms with Gasteiger partial charge in [-0.3, -0.25) is 0 Å². The van der Waals surface area contributed by atoms with Gasteiger partial charge in [0.15, 0.2) is 33.3 Å². The average Bonchev–Trinajstić information content (AvgIpc) is 2.66. The lowest BCUT2D eigenvalue weighted by Gasteiger charge is -2.39. The molecule has 0 heterocycles. The van der Waals surface area contributed by atoms with Crippen molar-refractivity contribution in [3.8, 4) is 0 Å². The van der Waals surface area contributed by atoms with Gasteiger partial charge in [0.2, 0.25) is 0 Å². The minimum atomic E-state index is -2.33. The number of benzene rings is 2. The summed E-state index contributed by atoms with van der Waals surface area (Å²) in [5.74, 6) is 0. The molecule has 0 aliphatic rings. The topological polar surface area (TPSA) is 36.9 Å². The predicted octanol–water partition coefficient (Wildman–Crippen LogP) is 8.57. The third kappa shape index (κ3) is 13.3. The van der Waals surface area contributed by atoms with E-state index >= 15 is 0 Å². The quantitative estimate of drug-likeness (QED) is 0.241. The summed E-state index contributed by atoms with van der Waals surface area (Å²) in [5, 5.41) is 2.54. The van der Waals surface area contributed by atoms with Crippen LogP contribution in [0.1, 0.15) is 22.3 Å². The molecule has 0 atom stereocenters. The molecule has 2 aromatic carbocycles. The fraction of sp³-hybridized carbons (Fsp3) is 0.600. The molecule has 228 valence electrons. The largest absolute Gasteiger partial charge is 0.433 e. The summed E-state index contributed by atoms with van der Waals surface area (Å²) >= 11 is 0. The standard InChI is InChI=1S/2C15H30O2Si3/c2*1-13-10-11-15(12-14(13)2)20(9,16-18(3,4)5)17-19(6,7)8/h2*10-12H,1-9H3. The van der Waals surface area contributed by atoms with Crippen molar-refractivity contribution in [3.63, 3.8) is 0 Å². The van der Waals surface area contributed by atoms with Gasteiger partial charge >= 0.3 is 17.1 Å². The first kappa shape index (κ1) is 37.6. The van der Waals surface area contributed by atoms with Crippen LogP contribution >= 0.6 is 0 Å². The van der Waals surface area contributed by atoms with E-state index in [4.69, 9.17) is 16.5 Å². The van der Waals surface area contributed by atoms with E-state index in [9.17, 15) is 0 Å². The van der Waals surface area contributed by atoms with Crippen LogP contribution in [0.5, 0.6) is 0 Å². The molecular weight excluding hydrogens is 593 g/mol. The Bertz CT molecular complexity index is 1000. The molecule has 0 bridgehead atoms. The second-order valence-electron chi connectivity index (χ2n) is 15.3. The Balaban J connectivity index is 0.000000400. The second-order valence-corrected chi connectivity index (χ2v) is 40.4. The minimum absolute atomic E-state index is 1.27. The monoisotopic (exact) mass is 652 g/mol. The Morgan fingerprint density at radius 2 is 0.575 bits per heavy atom. The number of hydrogen-bond donors (Lipinski definition) is 0. The first-order chi connectivity index (χ1) is 17.6. The first-order valence-corrected chi connectivity index (χ1v) is 32.9. The van der Waals surface area contributed by atoms with Crippen LogP contribution < -0.4 is 10.4 Å². The Hall–Kier alpha value is -0.419. The second kappa shape index (κ2) is 13.5. The molecule has 2 rings (SSSR count). The minimum Gasteiger partial charge on any atom is -0.433 e. The molecule has 0 aliphatic carbocycles. The SMILES string of the molecule is Cc1ccc([Si](C)(O[Si](C)(C)C)O[Si](C)(C)C)cc1C.Cc1ccc([Si](C)(O[Si](C)(C)C)O[Si](C)(C)C)cc1C. The van der Waals surface area contributed by atoms with Crippen LogP contribution in [0.3, 0.4) is 0 Å². The van der Waals surface area contributed by atoms with Crippen molar-refractivity contribution < 1.29 is 16.5 Å². The van der Waals surface area contributed by atoms with Gasteiger partial charge in [-0.1, -0.05) is 36.4 Å². The van der Waals surface area contributed by atoms with E-state index < -0.39 is 50.4 Å². The van der Waals surface area contributed by atoms with Crippen molar-refractivity contribution in [3.05, 3.63) is 58.7 Å². The molecule has 10 heteroatoms. The van der Waals surface area contributed by atoms with Gasteiger partial charge in [-0.25, -0.2) is 0 Å². The highest BCUT2D eigenvalue weighted by Gasteiger charge is 2.43. The van der Waals surface area contributed by atoms with E-state index in [0.29, 0.717) is 0 Å². The normalized spacial score (nSPS) is 13.7. The van der Waals surface area contributed by atoms with Gasteiger partial charge in [0.25, 0.3) is 0 Å². The van der Waals surface area contributed by atoms with E-state index in [-0.39, 0.29) is 0 Å². The zero-order valence-corrected chi connectivity index (χ0v) is 35.1. The van der Waals surface area contributed by atoms with Crippen LogP contribution in [0.25, 0.3) is 0 Å². The van der Waals surface area contributed by atoms with Crippen molar-refractivity contribution in [1.29, 1.82) is 0 Å². The summed E-state index contributed by atoms with van der Waals surface area (Å²) in [6.45, 7) is 40.0. The van der Waals surface area contributed by atoms with Gasteiger partial charge in [-0.2, -0.15) is 0 Å². The highest BCUT2D eigenvalue weighted by atomic mass is 28.5. The molecule has 0 radical (unpaired) electrons. The Morgan fingerprint density at radius 3 is 0.750 bits per heavy atom. The molecule has 0 unspecified atom stereocenters. The molecule has 0 fully saturated rings. The number of aryl methyl sites for hydroxylation is 4. The van der Waals surface area contributed by atoms with Crippen LogP contribution in [0.4, 0.5) is 0 Å². The van der Waals surface area contributed by atoms with E-state index in [1.807, 2.05) is 0 Å². The predicted molar refractivity (Wildman–Crippen MR) is 192 cm³/mol. The first-order valence-electron chi connectivity index (χ1n) is 14.6. The smallest absolute Gasteiger partial charge is 0.348 e. The third-order valence-electron chi connectivity index (χ3n) is 6.07. The van der Waals surface area contributed by atoms with E-state index in [0.717, 1.165) is 0 Å². The highest BCUT2D eigenvalue weighted by molar-refractivity contribution is 6.95. The molecule has 0 N–H and O–H groups in total. The van der Waals surface area contributed by atoms with Gasteiger partial charge in [0, 0.05) is 0 Å². The van der Waals surface area contributed by atoms with E-state index in [1.165, 1.54) is 32.6 Å². The van der Waals surface area contributed by atoms with Gasteiger partial charge in [-0.15, -0.1) is 0 Å². The summed E-state index contributed by atoms with van der Waals surface area (Å²) in [7, 11) is -11.2. The lowest BCUT2D eigenvalue weighted by Crippen LogP contribution is -2.60. The summed E-state index contributed by atoms with van der Waals surface area (Å²) in [5.41, 5.74) is 5.29. The van der Waals surface area contributed by atoms with E-state index in [2.05, 4.69) is 156 Å². The van der Waals surface area contributed by atoms with Crippen LogP contribution in [0.15, 0.2) is 36.4 Å². The fourth-order valence-electron chi connectivity index (χ4n) is 4.66. The van der Waals surface area contributed by atoms with Gasteiger partial charge in [-0.05, 0) is 152 Å². The zero-order valence-electron chi connectivity index (χ0n) is 29.1. The lowest BCUT2D eigenvalue weighted by atomic mass is 10.1. The Kier molecular flexibility index (Phi) is 12.7. The van der Waals surface area contributed by atoms with Crippen LogP contribution in [-0.2, 0) is 16.5 Å². The van der Waals surface area contributed by atoms with E-state index in [1.54, 1.807) is 0 Å². The lowest BCUT2D eigenvalue weighted by molar-refractivity contribution is 0.403. The maximum atomic E-state index is 6.57. The third-order valence-corrected chi connectivity index (χ3v) is 24.8. The Labute approximate surface area is 254 Å². The van der Waals surface area contributed by atoms with Crippen molar-refractivity contribution >= 4 is 60.8 Å². The Morgan fingerprint density at radius 1 is 0.350 bits per heavy atom. The molecule has 0 saturated heterocycles. The number of hydrogen-bond acceptors (Lipinski definition) is 4. The van der Waals surface area contributed by atoms with Gasteiger partial charge in [0.1, 0.15) is 0 Å². The highest BCUT2D eigenvalue weighted by Crippen LogP contribution is 2.23. The van der Waals surface area contributed by atoms with Crippen molar-refractivity contribution in [1.82, 2.24) is 0 Å². The fourth-order valence-corrected chi connectivity index (χ4v) is 28.1. The molecule has 0 aromatic heterocycles. The van der Waals surface area contributed by atoms with Gasteiger partial charge in [0.05, 0.1) is 0 Å². The summed E-state index contributed by atoms with van der Waals surface area (Å²) < 4.78 is 26.3. The maximum Gasteiger partial charge on any atom is 0.348 e. The average molecular weight is 653 g/mol. The summed E-state index contributed by atoms with van der Waals surface area (Å²) in [4.78, 5) is 0. The van der Waals surface area contributed by atoms with Crippen molar-refractivity contribution in [2.75, 3.05) is 0 Å². The maximum absolute atomic E-state index is 6.57. The molecule has 4 nitrogen and oxygen atoms in total. The number of rotatable bonds is 10. The van der Waals surface area contributed by atoms with Crippen LogP contribution in [0, 0.1) is 27.7 Å². The molecule has 2 aromatic rings. The molecule has 0 saturated carbocycles. The molecular formula is C30H60O4Si6. The summed E-state index contributed by atoms with van der Waals surface area (Å²) in [6.07, 6.45) is 0. The van der Waals surface area contributed by atoms with Crippen LogP contribution in [0.2, 0.25) is 91.7 Å². The van der Waals surface area contributed by atoms with Crippen LogP contribution in [-0.4, -0.2) is 50.4 Å².